The van der Waals surface area contributed by atoms with E-state index in [2.05, 4.69) is 23.7 Å². The minimum atomic E-state index is 0.342. The van der Waals surface area contributed by atoms with Gasteiger partial charge in [-0.1, -0.05) is 0 Å². The van der Waals surface area contributed by atoms with Crippen molar-refractivity contribution in [3.8, 4) is 0 Å². The highest BCUT2D eigenvalue weighted by molar-refractivity contribution is 7.13. The Hall–Kier alpha value is -0.320. The number of aromatic nitrogens is 1. The van der Waals surface area contributed by atoms with E-state index < -0.39 is 0 Å². The summed E-state index contributed by atoms with van der Waals surface area (Å²) in [6, 6.07) is 0.342. The number of methoxy groups -OCH3 is 1. The van der Waals surface area contributed by atoms with Crippen molar-refractivity contribution in [1.29, 1.82) is 0 Å². The van der Waals surface area contributed by atoms with Gasteiger partial charge in [-0.2, -0.15) is 0 Å². The molecule has 0 N–H and O–H groups in total. The summed E-state index contributed by atoms with van der Waals surface area (Å²) in [5.41, 5.74) is 0.944. The van der Waals surface area contributed by atoms with E-state index >= 15 is 0 Å². The number of anilines is 1. The average molecular weight is 249 g/mol. The molecule has 0 bridgehead atoms. The second-order valence-corrected chi connectivity index (χ2v) is 4.45. The van der Waals surface area contributed by atoms with Crippen LogP contribution in [0.3, 0.4) is 0 Å². The third kappa shape index (κ3) is 3.33. The summed E-state index contributed by atoms with van der Waals surface area (Å²) in [6.45, 7) is 5.89. The third-order valence-electron chi connectivity index (χ3n) is 2.20. The van der Waals surface area contributed by atoms with E-state index in [1.165, 1.54) is 0 Å². The van der Waals surface area contributed by atoms with Crippen molar-refractivity contribution in [3.05, 3.63) is 11.1 Å². The van der Waals surface area contributed by atoms with Crippen molar-refractivity contribution in [1.82, 2.24) is 4.98 Å². The van der Waals surface area contributed by atoms with Crippen molar-refractivity contribution >= 4 is 28.1 Å². The molecule has 0 saturated heterocycles. The number of hydrogen-bond acceptors (Lipinski definition) is 4. The Labute approximate surface area is 100 Å². The summed E-state index contributed by atoms with van der Waals surface area (Å²) in [6.07, 6.45) is 0. The van der Waals surface area contributed by atoms with Crippen LogP contribution in [0.5, 0.6) is 0 Å². The van der Waals surface area contributed by atoms with Gasteiger partial charge in [-0.05, 0) is 13.8 Å². The molecule has 1 unspecified atom stereocenters. The molecule has 15 heavy (non-hydrogen) atoms. The van der Waals surface area contributed by atoms with Gasteiger partial charge in [0.05, 0.1) is 24.2 Å². The first-order valence-corrected chi connectivity index (χ1v) is 6.40. The Morgan fingerprint density at radius 3 is 2.87 bits per heavy atom. The second kappa shape index (κ2) is 6.30. The fourth-order valence-corrected chi connectivity index (χ4v) is 2.68. The molecule has 3 nitrogen and oxygen atoms in total. The first kappa shape index (κ1) is 12.7. The maximum absolute atomic E-state index is 5.73. The Bertz CT molecular complexity index is 293. The van der Waals surface area contributed by atoms with Crippen LogP contribution < -0.4 is 4.90 Å². The lowest BCUT2D eigenvalue weighted by molar-refractivity contribution is 0.182. The molecule has 1 atom stereocenters. The highest BCUT2D eigenvalue weighted by Crippen LogP contribution is 2.23. The number of ether oxygens (including phenoxy) is 1. The zero-order chi connectivity index (χ0) is 11.3. The largest absolute Gasteiger partial charge is 0.383 e. The van der Waals surface area contributed by atoms with Crippen LogP contribution in [-0.4, -0.2) is 31.3 Å². The molecule has 0 aliphatic rings. The predicted molar refractivity (Wildman–Crippen MR) is 66.0 cm³/mol. The molecule has 86 valence electrons. The average Bonchev–Trinajstić information content (AvgIpc) is 2.68. The van der Waals surface area contributed by atoms with E-state index in [1.807, 2.05) is 5.38 Å². The van der Waals surface area contributed by atoms with Crippen LogP contribution in [-0.2, 0) is 10.6 Å². The van der Waals surface area contributed by atoms with E-state index in [0.29, 0.717) is 18.5 Å². The van der Waals surface area contributed by atoms with E-state index in [1.54, 1.807) is 18.4 Å². The van der Waals surface area contributed by atoms with Gasteiger partial charge in [0.25, 0.3) is 0 Å². The molecule has 0 aromatic carbocycles. The standard InChI is InChI=1S/C10H17ClN2OS/c1-4-13(8(2)6-14-3)10-12-9(5-11)7-15-10/h7-8H,4-6H2,1-3H3. The van der Waals surface area contributed by atoms with Crippen LogP contribution in [0.1, 0.15) is 19.5 Å². The van der Waals surface area contributed by atoms with Gasteiger partial charge in [-0.3, -0.25) is 0 Å². The molecule has 0 radical (unpaired) electrons. The van der Waals surface area contributed by atoms with Crippen LogP contribution in [0.15, 0.2) is 5.38 Å². The second-order valence-electron chi connectivity index (χ2n) is 3.35. The molecule has 0 aliphatic carbocycles. The minimum absolute atomic E-state index is 0.342. The van der Waals surface area contributed by atoms with E-state index in [-0.39, 0.29) is 0 Å². The first-order chi connectivity index (χ1) is 7.22. The number of rotatable bonds is 6. The van der Waals surface area contributed by atoms with E-state index in [9.17, 15) is 0 Å². The molecular weight excluding hydrogens is 232 g/mol. The molecule has 0 aliphatic heterocycles. The number of hydrogen-bond donors (Lipinski definition) is 0. The lowest BCUT2D eigenvalue weighted by Gasteiger charge is -2.26. The monoisotopic (exact) mass is 248 g/mol. The van der Waals surface area contributed by atoms with Gasteiger partial charge in [0.15, 0.2) is 5.13 Å². The van der Waals surface area contributed by atoms with Gasteiger partial charge in [0, 0.05) is 19.0 Å². The Balaban J connectivity index is 2.72. The molecular formula is C10H17ClN2OS. The van der Waals surface area contributed by atoms with Gasteiger partial charge in [-0.25, -0.2) is 4.98 Å². The van der Waals surface area contributed by atoms with Gasteiger partial charge < -0.3 is 9.64 Å². The fraction of sp³-hybridized carbons (Fsp3) is 0.700. The van der Waals surface area contributed by atoms with Crippen molar-refractivity contribution in [2.45, 2.75) is 25.8 Å². The Morgan fingerprint density at radius 2 is 2.40 bits per heavy atom. The van der Waals surface area contributed by atoms with Crippen molar-refractivity contribution in [2.24, 2.45) is 0 Å². The van der Waals surface area contributed by atoms with E-state index in [0.717, 1.165) is 17.4 Å². The molecule has 0 saturated carbocycles. The molecule has 1 rings (SSSR count). The van der Waals surface area contributed by atoms with Gasteiger partial charge >= 0.3 is 0 Å². The molecule has 1 aromatic rings. The summed E-state index contributed by atoms with van der Waals surface area (Å²) < 4.78 is 5.15. The molecule has 0 spiro atoms. The first-order valence-electron chi connectivity index (χ1n) is 4.98. The zero-order valence-corrected chi connectivity index (χ0v) is 10.9. The number of thiazole rings is 1. The van der Waals surface area contributed by atoms with Crippen molar-refractivity contribution in [2.75, 3.05) is 25.2 Å². The summed E-state index contributed by atoms with van der Waals surface area (Å²) in [5, 5.41) is 3.03. The number of nitrogens with zero attached hydrogens (tertiary/aromatic N) is 2. The summed E-state index contributed by atoms with van der Waals surface area (Å²) >= 11 is 7.37. The lowest BCUT2D eigenvalue weighted by atomic mass is 10.3. The number of alkyl halides is 1. The fourth-order valence-electron chi connectivity index (χ4n) is 1.46. The maximum atomic E-state index is 5.73. The van der Waals surface area contributed by atoms with Crippen LogP contribution in [0.2, 0.25) is 0 Å². The predicted octanol–water partition coefficient (Wildman–Crippen LogP) is 2.74. The summed E-state index contributed by atoms with van der Waals surface area (Å²) in [7, 11) is 1.72. The topological polar surface area (TPSA) is 25.4 Å². The van der Waals surface area contributed by atoms with Gasteiger partial charge in [0.1, 0.15) is 0 Å². The molecule has 0 fully saturated rings. The highest BCUT2D eigenvalue weighted by atomic mass is 35.5. The van der Waals surface area contributed by atoms with Crippen molar-refractivity contribution < 1.29 is 4.74 Å². The summed E-state index contributed by atoms with van der Waals surface area (Å²) in [4.78, 5) is 6.69. The molecule has 1 heterocycles. The van der Waals surface area contributed by atoms with Crippen LogP contribution in [0.25, 0.3) is 0 Å². The molecule has 1 aromatic heterocycles. The van der Waals surface area contributed by atoms with E-state index in [4.69, 9.17) is 16.3 Å². The molecule has 5 heteroatoms. The number of halogens is 1. The zero-order valence-electron chi connectivity index (χ0n) is 9.36. The Kier molecular flexibility index (Phi) is 5.36. The SMILES string of the molecule is CCN(c1nc(CCl)cs1)C(C)COC. The van der Waals surface area contributed by atoms with Gasteiger partial charge in [-0.15, -0.1) is 22.9 Å². The third-order valence-corrected chi connectivity index (χ3v) is 3.40. The molecule has 0 amide bonds. The number of likely N-dealkylation sites (N-methyl/N-ethyl adjacent to an activating group) is 1. The summed E-state index contributed by atoms with van der Waals surface area (Å²) in [5.74, 6) is 0.479. The van der Waals surface area contributed by atoms with Crippen LogP contribution in [0, 0.1) is 0 Å². The Morgan fingerprint density at radius 1 is 1.67 bits per heavy atom. The van der Waals surface area contributed by atoms with Crippen molar-refractivity contribution in [3.63, 3.8) is 0 Å². The van der Waals surface area contributed by atoms with Gasteiger partial charge in [0.2, 0.25) is 0 Å². The van der Waals surface area contributed by atoms with Crippen LogP contribution >= 0.6 is 22.9 Å². The normalized spacial score (nSPS) is 12.8. The minimum Gasteiger partial charge on any atom is -0.383 e. The highest BCUT2D eigenvalue weighted by Gasteiger charge is 2.15. The maximum Gasteiger partial charge on any atom is 0.185 e. The lowest BCUT2D eigenvalue weighted by Crippen LogP contribution is -2.36. The van der Waals surface area contributed by atoms with Crippen LogP contribution in [0.4, 0.5) is 5.13 Å². The quantitative estimate of drug-likeness (QED) is 0.724. The smallest absolute Gasteiger partial charge is 0.185 e.